The maximum atomic E-state index is 12.7. The summed E-state index contributed by atoms with van der Waals surface area (Å²) in [5.41, 5.74) is 3.54. The topological polar surface area (TPSA) is 80.6 Å². The standard InChI is InChI=1S/C29H25Br2ClN2O4/c30-20-9-12-26(23(31)13-20)38-16-25-27(32)22-14-21(33-28(35)18-3-1-2-4-18)10-11-24(22)34(25)15-17-5-7-19(8-6-17)29(36)37/h5-14,18H,1-4,15-16H2,(H,33,35)(H,36,37). The molecule has 1 aliphatic rings. The number of rotatable bonds is 8. The van der Waals surface area contributed by atoms with Crippen LogP contribution in [0.4, 0.5) is 5.69 Å². The minimum absolute atomic E-state index is 0.0552. The number of carbonyl (C=O) groups excluding carboxylic acids is 1. The molecule has 1 amide bonds. The van der Waals surface area contributed by atoms with Crippen LogP contribution in [0, 0.1) is 5.92 Å². The fourth-order valence-electron chi connectivity index (χ4n) is 4.87. The number of nitrogens with zero attached hydrogens (tertiary/aromatic N) is 1. The van der Waals surface area contributed by atoms with Crippen LogP contribution < -0.4 is 10.1 Å². The minimum Gasteiger partial charge on any atom is -0.486 e. The van der Waals surface area contributed by atoms with Gasteiger partial charge in [0.05, 0.1) is 26.3 Å². The molecule has 0 spiro atoms. The number of aromatic carboxylic acids is 1. The highest BCUT2D eigenvalue weighted by Gasteiger charge is 2.23. The number of amides is 1. The van der Waals surface area contributed by atoms with Crippen molar-refractivity contribution in [1.82, 2.24) is 4.57 Å². The molecule has 4 aromatic rings. The van der Waals surface area contributed by atoms with Crippen molar-refractivity contribution in [2.45, 2.75) is 38.8 Å². The lowest BCUT2D eigenvalue weighted by Crippen LogP contribution is -2.20. The van der Waals surface area contributed by atoms with Gasteiger partial charge in [-0.05, 0) is 82.9 Å². The highest BCUT2D eigenvalue weighted by Crippen LogP contribution is 2.36. The molecule has 0 radical (unpaired) electrons. The zero-order chi connectivity index (χ0) is 26.8. The number of hydrogen-bond acceptors (Lipinski definition) is 3. The van der Waals surface area contributed by atoms with E-state index in [9.17, 15) is 14.7 Å². The second kappa shape index (κ2) is 11.5. The van der Waals surface area contributed by atoms with Gasteiger partial charge in [-0.2, -0.15) is 0 Å². The monoisotopic (exact) mass is 658 g/mol. The van der Waals surface area contributed by atoms with Crippen LogP contribution in [0.25, 0.3) is 10.9 Å². The van der Waals surface area contributed by atoms with Crippen LogP contribution in [0.2, 0.25) is 5.02 Å². The Balaban J connectivity index is 1.49. The first-order valence-corrected chi connectivity index (χ1v) is 14.3. The van der Waals surface area contributed by atoms with Crippen LogP contribution in [0.1, 0.15) is 47.3 Å². The second-order valence-electron chi connectivity index (χ2n) is 9.41. The SMILES string of the molecule is O=C(O)c1ccc(Cn2c(COc3ccc(Br)cc3Br)c(Cl)c3cc(NC(=O)C4CCCC4)ccc32)cc1. The average Bonchev–Trinajstić information content (AvgIpc) is 3.52. The molecule has 2 N–H and O–H groups in total. The maximum absolute atomic E-state index is 12.7. The average molecular weight is 661 g/mol. The Bertz CT molecular complexity index is 1510. The molecular weight excluding hydrogens is 636 g/mol. The zero-order valence-electron chi connectivity index (χ0n) is 20.3. The van der Waals surface area contributed by atoms with E-state index in [0.717, 1.165) is 56.8 Å². The summed E-state index contributed by atoms with van der Waals surface area (Å²) in [4.78, 5) is 24.0. The molecule has 196 valence electrons. The quantitative estimate of drug-likeness (QED) is 0.199. The van der Waals surface area contributed by atoms with Gasteiger partial charge in [0.2, 0.25) is 5.91 Å². The summed E-state index contributed by atoms with van der Waals surface area (Å²) in [5, 5.41) is 13.7. The van der Waals surface area contributed by atoms with Crippen molar-refractivity contribution >= 4 is 71.9 Å². The Morgan fingerprint density at radius 3 is 2.45 bits per heavy atom. The van der Waals surface area contributed by atoms with Crippen LogP contribution in [0.5, 0.6) is 5.75 Å². The van der Waals surface area contributed by atoms with E-state index in [2.05, 4.69) is 41.7 Å². The predicted octanol–water partition coefficient (Wildman–Crippen LogP) is 8.27. The molecular formula is C29H25Br2ClN2O4. The Kier molecular flexibility index (Phi) is 8.12. The normalized spacial score (nSPS) is 13.7. The lowest BCUT2D eigenvalue weighted by Gasteiger charge is -2.14. The summed E-state index contributed by atoms with van der Waals surface area (Å²) in [6.07, 6.45) is 4.05. The van der Waals surface area contributed by atoms with E-state index in [1.54, 1.807) is 24.3 Å². The van der Waals surface area contributed by atoms with Gasteiger partial charge in [-0.25, -0.2) is 4.79 Å². The van der Waals surface area contributed by atoms with Gasteiger partial charge in [0.1, 0.15) is 12.4 Å². The largest absolute Gasteiger partial charge is 0.486 e. The molecule has 0 aliphatic heterocycles. The van der Waals surface area contributed by atoms with Gasteiger partial charge in [-0.1, -0.05) is 52.5 Å². The van der Waals surface area contributed by atoms with Crippen LogP contribution in [-0.4, -0.2) is 21.6 Å². The van der Waals surface area contributed by atoms with Gasteiger partial charge in [-0.15, -0.1) is 0 Å². The smallest absolute Gasteiger partial charge is 0.335 e. The molecule has 0 atom stereocenters. The molecule has 0 bridgehead atoms. The highest BCUT2D eigenvalue weighted by molar-refractivity contribution is 9.11. The third kappa shape index (κ3) is 5.77. The lowest BCUT2D eigenvalue weighted by molar-refractivity contribution is -0.119. The molecule has 1 saturated carbocycles. The summed E-state index contributed by atoms with van der Waals surface area (Å²) >= 11 is 14.0. The first-order valence-electron chi connectivity index (χ1n) is 12.3. The molecule has 3 aromatic carbocycles. The molecule has 1 aliphatic carbocycles. The van der Waals surface area contributed by atoms with Crippen molar-refractivity contribution in [1.29, 1.82) is 0 Å². The first-order chi connectivity index (χ1) is 18.3. The summed E-state index contributed by atoms with van der Waals surface area (Å²) in [6, 6.07) is 18.2. The molecule has 1 aromatic heterocycles. The van der Waals surface area contributed by atoms with E-state index in [1.807, 2.05) is 36.4 Å². The van der Waals surface area contributed by atoms with Crippen molar-refractivity contribution in [3.63, 3.8) is 0 Å². The van der Waals surface area contributed by atoms with E-state index < -0.39 is 5.97 Å². The molecule has 6 nitrogen and oxygen atoms in total. The summed E-state index contributed by atoms with van der Waals surface area (Å²) in [5.74, 6) is -0.170. The number of hydrogen-bond donors (Lipinski definition) is 2. The first kappa shape index (κ1) is 26.8. The number of ether oxygens (including phenoxy) is 1. The molecule has 5 rings (SSSR count). The number of benzene rings is 3. The number of carbonyl (C=O) groups is 2. The van der Waals surface area contributed by atoms with E-state index in [0.29, 0.717) is 23.0 Å². The summed E-state index contributed by atoms with van der Waals surface area (Å²) < 4.78 is 9.97. The van der Waals surface area contributed by atoms with Crippen LogP contribution >= 0.6 is 43.5 Å². The van der Waals surface area contributed by atoms with Crippen LogP contribution in [-0.2, 0) is 17.9 Å². The van der Waals surface area contributed by atoms with Crippen LogP contribution in [0.15, 0.2) is 69.6 Å². The minimum atomic E-state index is -0.965. The number of fused-ring (bicyclic) bond motifs is 1. The number of anilines is 1. The van der Waals surface area contributed by atoms with E-state index in [-0.39, 0.29) is 24.0 Å². The van der Waals surface area contributed by atoms with Gasteiger partial charge in [-0.3, -0.25) is 4.79 Å². The number of carboxylic acid groups (broad SMARTS) is 1. The molecule has 38 heavy (non-hydrogen) atoms. The predicted molar refractivity (Wildman–Crippen MR) is 156 cm³/mol. The number of aromatic nitrogens is 1. The third-order valence-corrected chi connectivity index (χ3v) is 8.43. The fraction of sp³-hybridized carbons (Fsp3) is 0.241. The number of carboxylic acids is 1. The van der Waals surface area contributed by atoms with Crippen molar-refractivity contribution < 1.29 is 19.4 Å². The van der Waals surface area contributed by atoms with Gasteiger partial charge in [0.25, 0.3) is 0 Å². The Morgan fingerprint density at radius 1 is 1.03 bits per heavy atom. The molecule has 1 fully saturated rings. The van der Waals surface area contributed by atoms with Crippen molar-refractivity contribution in [2.24, 2.45) is 5.92 Å². The maximum Gasteiger partial charge on any atom is 0.335 e. The summed E-state index contributed by atoms with van der Waals surface area (Å²) in [6.45, 7) is 0.682. The van der Waals surface area contributed by atoms with Gasteiger partial charge in [0, 0.05) is 28.0 Å². The Labute approximate surface area is 242 Å². The third-order valence-electron chi connectivity index (χ3n) is 6.90. The van der Waals surface area contributed by atoms with Crippen molar-refractivity contribution in [3.8, 4) is 5.75 Å². The van der Waals surface area contributed by atoms with E-state index in [4.69, 9.17) is 16.3 Å². The molecule has 1 heterocycles. The number of halogens is 3. The van der Waals surface area contributed by atoms with Crippen molar-refractivity contribution in [3.05, 3.63) is 91.5 Å². The summed E-state index contributed by atoms with van der Waals surface area (Å²) in [7, 11) is 0. The molecule has 0 unspecified atom stereocenters. The molecule has 9 heteroatoms. The van der Waals surface area contributed by atoms with E-state index in [1.165, 1.54) is 0 Å². The highest BCUT2D eigenvalue weighted by atomic mass is 79.9. The van der Waals surface area contributed by atoms with Gasteiger partial charge in [0.15, 0.2) is 0 Å². The van der Waals surface area contributed by atoms with Gasteiger partial charge < -0.3 is 19.7 Å². The second-order valence-corrected chi connectivity index (χ2v) is 11.6. The fourth-order valence-corrected chi connectivity index (χ4v) is 6.34. The van der Waals surface area contributed by atoms with E-state index >= 15 is 0 Å². The molecule has 0 saturated heterocycles. The Hall–Kier alpha value is -2.81. The van der Waals surface area contributed by atoms with Gasteiger partial charge >= 0.3 is 5.97 Å². The van der Waals surface area contributed by atoms with Crippen LogP contribution in [0.3, 0.4) is 0 Å². The zero-order valence-corrected chi connectivity index (χ0v) is 24.3. The Morgan fingerprint density at radius 2 is 1.76 bits per heavy atom. The number of nitrogens with one attached hydrogen (secondary N) is 1. The van der Waals surface area contributed by atoms with Crippen molar-refractivity contribution in [2.75, 3.05) is 5.32 Å². The lowest BCUT2D eigenvalue weighted by atomic mass is 10.1.